The van der Waals surface area contributed by atoms with Crippen LogP contribution < -0.4 is 10.3 Å². The molecule has 0 saturated carbocycles. The van der Waals surface area contributed by atoms with E-state index in [0.717, 1.165) is 21.7 Å². The summed E-state index contributed by atoms with van der Waals surface area (Å²) in [6.07, 6.45) is 1.61. The van der Waals surface area contributed by atoms with Crippen LogP contribution in [0.1, 0.15) is 11.1 Å². The van der Waals surface area contributed by atoms with E-state index in [1.165, 1.54) is 22.5 Å². The molecule has 0 aliphatic carbocycles. The molecule has 2 aromatic heterocycles. The quantitative estimate of drug-likeness (QED) is 0.501. The number of thiophene rings is 1. The van der Waals surface area contributed by atoms with Crippen LogP contribution >= 0.6 is 11.3 Å². The van der Waals surface area contributed by atoms with Crippen LogP contribution in [0.2, 0.25) is 0 Å². The van der Waals surface area contributed by atoms with Crippen molar-refractivity contribution in [1.82, 2.24) is 9.55 Å². The van der Waals surface area contributed by atoms with Gasteiger partial charge in [0.1, 0.15) is 17.2 Å². The first kappa shape index (κ1) is 17.5. The minimum atomic E-state index is -0.0238. The van der Waals surface area contributed by atoms with Gasteiger partial charge in [-0.05, 0) is 31.5 Å². The third kappa shape index (κ3) is 3.64. The van der Waals surface area contributed by atoms with Crippen molar-refractivity contribution in [3.63, 3.8) is 0 Å². The molecule has 4 rings (SSSR count). The molecule has 0 bridgehead atoms. The van der Waals surface area contributed by atoms with E-state index in [0.29, 0.717) is 18.5 Å². The molecule has 0 radical (unpaired) electrons. The zero-order valence-electron chi connectivity index (χ0n) is 15.3. The fraction of sp³-hybridized carbons (Fsp3) is 0.182. The summed E-state index contributed by atoms with van der Waals surface area (Å²) >= 11 is 1.50. The van der Waals surface area contributed by atoms with E-state index < -0.39 is 0 Å². The third-order valence-corrected chi connectivity index (χ3v) is 5.43. The number of fused-ring (bicyclic) bond motifs is 1. The summed E-state index contributed by atoms with van der Waals surface area (Å²) in [6.45, 7) is 4.97. The summed E-state index contributed by atoms with van der Waals surface area (Å²) in [5.74, 6) is 0.804. The Morgan fingerprint density at radius 1 is 1.00 bits per heavy atom. The second-order valence-electron chi connectivity index (χ2n) is 6.60. The maximum Gasteiger partial charge on any atom is 0.262 e. The highest BCUT2D eigenvalue weighted by Gasteiger charge is 2.13. The lowest BCUT2D eigenvalue weighted by molar-refractivity contribution is 0.296. The highest BCUT2D eigenvalue weighted by Crippen LogP contribution is 2.30. The van der Waals surface area contributed by atoms with Gasteiger partial charge in [-0.1, -0.05) is 47.5 Å². The van der Waals surface area contributed by atoms with E-state index in [4.69, 9.17) is 4.74 Å². The summed E-state index contributed by atoms with van der Waals surface area (Å²) in [4.78, 5) is 18.3. The van der Waals surface area contributed by atoms with Crippen LogP contribution in [0.3, 0.4) is 0 Å². The number of hydrogen-bond acceptors (Lipinski definition) is 4. The third-order valence-electron chi connectivity index (χ3n) is 4.55. The first-order chi connectivity index (χ1) is 13.1. The molecule has 0 atom stereocenters. The Bertz CT molecular complexity index is 1130. The van der Waals surface area contributed by atoms with E-state index in [2.05, 4.69) is 24.0 Å². The van der Waals surface area contributed by atoms with Gasteiger partial charge in [-0.15, -0.1) is 11.3 Å². The molecular weight excluding hydrogens is 356 g/mol. The molecule has 0 aliphatic rings. The second-order valence-corrected chi connectivity index (χ2v) is 7.46. The van der Waals surface area contributed by atoms with Gasteiger partial charge in [-0.2, -0.15) is 0 Å². The highest BCUT2D eigenvalue weighted by atomic mass is 32.1. The van der Waals surface area contributed by atoms with Crippen LogP contribution in [0.4, 0.5) is 0 Å². The average Bonchev–Trinajstić information content (AvgIpc) is 3.11. The lowest BCUT2D eigenvalue weighted by Gasteiger charge is -2.09. The monoisotopic (exact) mass is 376 g/mol. The minimum absolute atomic E-state index is 0.0238. The van der Waals surface area contributed by atoms with Gasteiger partial charge in [0.05, 0.1) is 18.3 Å². The van der Waals surface area contributed by atoms with Crippen LogP contribution in [0.25, 0.3) is 21.3 Å². The lowest BCUT2D eigenvalue weighted by Crippen LogP contribution is -2.23. The zero-order valence-corrected chi connectivity index (χ0v) is 16.1. The lowest BCUT2D eigenvalue weighted by atomic mass is 10.1. The Balaban J connectivity index is 1.59. The van der Waals surface area contributed by atoms with Crippen molar-refractivity contribution in [3.05, 3.63) is 81.7 Å². The van der Waals surface area contributed by atoms with Crippen LogP contribution in [-0.4, -0.2) is 16.2 Å². The molecule has 136 valence electrons. The minimum Gasteiger partial charge on any atom is -0.492 e. The molecule has 2 aromatic carbocycles. The number of aryl methyl sites for hydroxylation is 2. The predicted molar refractivity (Wildman–Crippen MR) is 111 cm³/mol. The molecule has 0 amide bonds. The molecule has 4 aromatic rings. The summed E-state index contributed by atoms with van der Waals surface area (Å²) < 4.78 is 7.38. The summed E-state index contributed by atoms with van der Waals surface area (Å²) in [6, 6.07) is 16.1. The molecule has 4 nitrogen and oxygen atoms in total. The largest absolute Gasteiger partial charge is 0.492 e. The normalized spacial score (nSPS) is 11.0. The fourth-order valence-electron chi connectivity index (χ4n) is 2.97. The number of benzene rings is 2. The van der Waals surface area contributed by atoms with E-state index in [1.807, 2.05) is 48.7 Å². The van der Waals surface area contributed by atoms with Crippen LogP contribution in [0.5, 0.6) is 5.75 Å². The smallest absolute Gasteiger partial charge is 0.262 e. The Kier molecular flexibility index (Phi) is 4.77. The van der Waals surface area contributed by atoms with Gasteiger partial charge < -0.3 is 4.74 Å². The van der Waals surface area contributed by atoms with Crippen molar-refractivity contribution in [1.29, 1.82) is 0 Å². The first-order valence-electron chi connectivity index (χ1n) is 8.85. The molecule has 0 spiro atoms. The average molecular weight is 376 g/mol. The maximum absolute atomic E-state index is 13.0. The molecule has 0 N–H and O–H groups in total. The Morgan fingerprint density at radius 3 is 2.37 bits per heavy atom. The standard InChI is InChI=1S/C22H20N2O2S/c1-15-3-7-17(8-4-15)19-13-27-21-20(19)22(25)24(14-23-21)11-12-26-18-9-5-16(2)6-10-18/h3-10,13-14H,11-12H2,1-2H3. The van der Waals surface area contributed by atoms with Crippen molar-refractivity contribution in [2.45, 2.75) is 20.4 Å². The van der Waals surface area contributed by atoms with Gasteiger partial charge in [0.25, 0.3) is 5.56 Å². The van der Waals surface area contributed by atoms with Crippen LogP contribution in [0.15, 0.2) is 65.0 Å². The van der Waals surface area contributed by atoms with Crippen molar-refractivity contribution in [2.24, 2.45) is 0 Å². The number of ether oxygens (including phenoxy) is 1. The summed E-state index contributed by atoms with van der Waals surface area (Å²) in [5.41, 5.74) is 4.35. The number of nitrogens with zero attached hydrogens (tertiary/aromatic N) is 2. The van der Waals surface area contributed by atoms with Gasteiger partial charge in [-0.3, -0.25) is 9.36 Å². The second kappa shape index (κ2) is 7.37. The van der Waals surface area contributed by atoms with E-state index in [9.17, 15) is 4.79 Å². The molecule has 2 heterocycles. The van der Waals surface area contributed by atoms with Gasteiger partial charge in [0, 0.05) is 10.9 Å². The Labute approximate surface area is 161 Å². The molecule has 0 fully saturated rings. The number of hydrogen-bond donors (Lipinski definition) is 0. The zero-order chi connectivity index (χ0) is 18.8. The molecule has 0 saturated heterocycles. The van der Waals surface area contributed by atoms with Crippen molar-refractivity contribution in [3.8, 4) is 16.9 Å². The highest BCUT2D eigenvalue weighted by molar-refractivity contribution is 7.17. The fourth-order valence-corrected chi connectivity index (χ4v) is 3.88. The Hall–Kier alpha value is -2.92. The molecule has 0 aliphatic heterocycles. The number of rotatable bonds is 5. The van der Waals surface area contributed by atoms with E-state index in [1.54, 1.807) is 10.9 Å². The summed E-state index contributed by atoms with van der Waals surface area (Å²) in [5, 5.41) is 2.69. The van der Waals surface area contributed by atoms with Gasteiger partial charge in [0.15, 0.2) is 0 Å². The SMILES string of the molecule is Cc1ccc(OCCn2cnc3scc(-c4ccc(C)cc4)c3c2=O)cc1. The summed E-state index contributed by atoms with van der Waals surface area (Å²) in [7, 11) is 0. The topological polar surface area (TPSA) is 44.1 Å². The van der Waals surface area contributed by atoms with Crippen molar-refractivity contribution in [2.75, 3.05) is 6.61 Å². The van der Waals surface area contributed by atoms with E-state index >= 15 is 0 Å². The van der Waals surface area contributed by atoms with Gasteiger partial charge in [0.2, 0.25) is 0 Å². The van der Waals surface area contributed by atoms with E-state index in [-0.39, 0.29) is 5.56 Å². The predicted octanol–water partition coefficient (Wildman–Crippen LogP) is 4.82. The van der Waals surface area contributed by atoms with Crippen LogP contribution in [-0.2, 0) is 6.54 Å². The molecule has 5 heteroatoms. The van der Waals surface area contributed by atoms with Crippen LogP contribution in [0, 0.1) is 13.8 Å². The molecule has 0 unspecified atom stereocenters. The first-order valence-corrected chi connectivity index (χ1v) is 9.73. The molecule has 27 heavy (non-hydrogen) atoms. The van der Waals surface area contributed by atoms with Gasteiger partial charge >= 0.3 is 0 Å². The van der Waals surface area contributed by atoms with Crippen molar-refractivity contribution < 1.29 is 4.74 Å². The maximum atomic E-state index is 13.0. The molecular formula is C22H20N2O2S. The van der Waals surface area contributed by atoms with Crippen molar-refractivity contribution >= 4 is 21.6 Å². The Morgan fingerprint density at radius 2 is 1.67 bits per heavy atom. The number of aromatic nitrogens is 2. The van der Waals surface area contributed by atoms with Gasteiger partial charge in [-0.25, -0.2) is 4.98 Å².